The highest BCUT2D eigenvalue weighted by Gasteiger charge is 2.29. The van der Waals surface area contributed by atoms with E-state index in [1.807, 2.05) is 0 Å². The molecule has 9 heteroatoms. The SMILES string of the molecule is COc1cccc(C(=O)NCc2ccc(S(=O)(=O)N3CCCC(NCC4CCCCC4)CC3)s2)c1. The summed E-state index contributed by atoms with van der Waals surface area (Å²) in [4.78, 5) is 13.3. The van der Waals surface area contributed by atoms with Crippen molar-refractivity contribution in [3.05, 3.63) is 46.8 Å². The largest absolute Gasteiger partial charge is 0.497 e. The molecule has 2 aromatic rings. The van der Waals surface area contributed by atoms with E-state index in [0.29, 0.717) is 34.7 Å². The lowest BCUT2D eigenvalue weighted by molar-refractivity contribution is 0.0951. The lowest BCUT2D eigenvalue weighted by Crippen LogP contribution is -2.36. The first-order valence-electron chi connectivity index (χ1n) is 12.7. The van der Waals surface area contributed by atoms with Crippen molar-refractivity contribution >= 4 is 27.3 Å². The predicted molar refractivity (Wildman–Crippen MR) is 139 cm³/mol. The third-order valence-electron chi connectivity index (χ3n) is 7.09. The summed E-state index contributed by atoms with van der Waals surface area (Å²) in [5.74, 6) is 1.17. The Bertz CT molecular complexity index is 1080. The van der Waals surface area contributed by atoms with E-state index in [1.165, 1.54) is 43.4 Å². The van der Waals surface area contributed by atoms with Crippen LogP contribution >= 0.6 is 11.3 Å². The number of methoxy groups -OCH3 is 1. The summed E-state index contributed by atoms with van der Waals surface area (Å²) in [5.41, 5.74) is 0.505. The molecule has 2 heterocycles. The molecule has 1 saturated heterocycles. The van der Waals surface area contributed by atoms with E-state index in [9.17, 15) is 13.2 Å². The van der Waals surface area contributed by atoms with Crippen molar-refractivity contribution in [2.24, 2.45) is 5.92 Å². The van der Waals surface area contributed by atoms with Gasteiger partial charge in [-0.1, -0.05) is 25.3 Å². The van der Waals surface area contributed by atoms with Crippen LogP contribution in [0.2, 0.25) is 0 Å². The quantitative estimate of drug-likeness (QED) is 0.513. The van der Waals surface area contributed by atoms with E-state index < -0.39 is 10.0 Å². The molecule has 35 heavy (non-hydrogen) atoms. The van der Waals surface area contributed by atoms with E-state index in [0.717, 1.165) is 36.6 Å². The molecular weight excluding hydrogens is 482 g/mol. The Kier molecular flexibility index (Phi) is 9.21. The first kappa shape index (κ1) is 26.1. The summed E-state index contributed by atoms with van der Waals surface area (Å²) < 4.78 is 33.8. The molecule has 1 amide bonds. The number of amides is 1. The maximum Gasteiger partial charge on any atom is 0.252 e. The Hall–Kier alpha value is -1.94. The van der Waals surface area contributed by atoms with Crippen LogP contribution in [0.4, 0.5) is 0 Å². The molecule has 1 aromatic carbocycles. The fourth-order valence-electron chi connectivity index (χ4n) is 4.99. The molecule has 1 aliphatic heterocycles. The van der Waals surface area contributed by atoms with Gasteiger partial charge in [-0.2, -0.15) is 4.31 Å². The second kappa shape index (κ2) is 12.3. The fraction of sp³-hybridized carbons (Fsp3) is 0.577. The van der Waals surface area contributed by atoms with Crippen LogP contribution in [0.15, 0.2) is 40.6 Å². The number of carbonyl (C=O) groups is 1. The number of carbonyl (C=O) groups excluding carboxylic acids is 1. The summed E-state index contributed by atoms with van der Waals surface area (Å²) >= 11 is 1.23. The van der Waals surface area contributed by atoms with Crippen molar-refractivity contribution in [3.8, 4) is 5.75 Å². The molecule has 0 bridgehead atoms. The van der Waals surface area contributed by atoms with Crippen LogP contribution in [0.3, 0.4) is 0 Å². The molecule has 1 aliphatic carbocycles. The number of hydrogen-bond donors (Lipinski definition) is 2. The monoisotopic (exact) mass is 519 g/mol. The molecule has 1 unspecified atom stereocenters. The lowest BCUT2D eigenvalue weighted by atomic mass is 9.89. The summed E-state index contributed by atoms with van der Waals surface area (Å²) in [6.07, 6.45) is 9.43. The van der Waals surface area contributed by atoms with Gasteiger partial charge in [0.05, 0.1) is 13.7 Å². The zero-order chi connectivity index (χ0) is 24.7. The molecule has 2 fully saturated rings. The Morgan fingerprint density at radius 3 is 2.69 bits per heavy atom. The van der Waals surface area contributed by atoms with Crippen LogP contribution in [-0.2, 0) is 16.6 Å². The number of sulfonamides is 1. The number of benzene rings is 1. The summed E-state index contributed by atoms with van der Waals surface area (Å²) in [6.45, 7) is 2.45. The Morgan fingerprint density at radius 2 is 1.89 bits per heavy atom. The number of nitrogens with one attached hydrogen (secondary N) is 2. The highest BCUT2D eigenvalue weighted by atomic mass is 32.2. The zero-order valence-corrected chi connectivity index (χ0v) is 22.1. The standard InChI is InChI=1S/C26H37N3O4S2/c1-33-23-11-5-9-21(17-23)26(30)28-19-24-12-13-25(34-24)35(31,32)29-15-6-10-22(14-16-29)27-18-20-7-3-2-4-8-20/h5,9,11-13,17,20,22,27H,2-4,6-8,10,14-16,18-19H2,1H3,(H,28,30). The number of thiophene rings is 1. The van der Waals surface area contributed by atoms with Gasteiger partial charge in [-0.3, -0.25) is 4.79 Å². The second-order valence-electron chi connectivity index (χ2n) is 9.58. The van der Waals surface area contributed by atoms with Crippen molar-refractivity contribution in [2.45, 2.75) is 68.2 Å². The Balaban J connectivity index is 1.29. The number of rotatable bonds is 9. The molecule has 192 valence electrons. The van der Waals surface area contributed by atoms with Gasteiger partial charge in [0, 0.05) is 29.6 Å². The first-order valence-corrected chi connectivity index (χ1v) is 15.0. The first-order chi connectivity index (χ1) is 17.0. The van der Waals surface area contributed by atoms with Crippen molar-refractivity contribution < 1.29 is 17.9 Å². The van der Waals surface area contributed by atoms with Crippen LogP contribution in [0, 0.1) is 5.92 Å². The van der Waals surface area contributed by atoms with Gasteiger partial charge >= 0.3 is 0 Å². The third-order valence-corrected chi connectivity index (χ3v) is 10.5. The molecule has 4 rings (SSSR count). The van der Waals surface area contributed by atoms with E-state index in [1.54, 1.807) is 47.8 Å². The summed E-state index contributed by atoms with van der Waals surface area (Å²) in [5, 5.41) is 6.60. The van der Waals surface area contributed by atoms with Gasteiger partial charge in [-0.15, -0.1) is 11.3 Å². The van der Waals surface area contributed by atoms with Gasteiger partial charge in [-0.05, 0) is 74.9 Å². The third kappa shape index (κ3) is 7.06. The van der Waals surface area contributed by atoms with Crippen LogP contribution in [0.5, 0.6) is 5.75 Å². The fourth-order valence-corrected chi connectivity index (χ4v) is 7.94. The van der Waals surface area contributed by atoms with Crippen molar-refractivity contribution in [1.82, 2.24) is 14.9 Å². The summed E-state index contributed by atoms with van der Waals surface area (Å²) in [6, 6.07) is 10.8. The van der Waals surface area contributed by atoms with Crippen molar-refractivity contribution in [3.63, 3.8) is 0 Å². The van der Waals surface area contributed by atoms with Gasteiger partial charge < -0.3 is 15.4 Å². The average Bonchev–Trinajstić information content (AvgIpc) is 3.25. The smallest absolute Gasteiger partial charge is 0.252 e. The topological polar surface area (TPSA) is 87.7 Å². The van der Waals surface area contributed by atoms with Crippen molar-refractivity contribution in [1.29, 1.82) is 0 Å². The van der Waals surface area contributed by atoms with Gasteiger partial charge in [0.15, 0.2) is 0 Å². The van der Waals surface area contributed by atoms with Crippen LogP contribution in [0.25, 0.3) is 0 Å². The maximum atomic E-state index is 13.3. The van der Waals surface area contributed by atoms with Gasteiger partial charge in [0.1, 0.15) is 9.96 Å². The van der Waals surface area contributed by atoms with E-state index in [4.69, 9.17) is 4.74 Å². The van der Waals surface area contributed by atoms with Gasteiger partial charge in [0.25, 0.3) is 15.9 Å². The number of ether oxygens (including phenoxy) is 1. The molecule has 2 aliphatic rings. The highest BCUT2D eigenvalue weighted by molar-refractivity contribution is 7.91. The zero-order valence-electron chi connectivity index (χ0n) is 20.5. The van der Waals surface area contributed by atoms with Crippen molar-refractivity contribution in [2.75, 3.05) is 26.7 Å². The van der Waals surface area contributed by atoms with Crippen LogP contribution < -0.4 is 15.4 Å². The molecule has 7 nitrogen and oxygen atoms in total. The predicted octanol–water partition coefficient (Wildman–Crippen LogP) is 4.40. The molecule has 1 aromatic heterocycles. The Labute approximate surface area is 213 Å². The minimum atomic E-state index is -3.53. The van der Waals surface area contributed by atoms with E-state index >= 15 is 0 Å². The number of hydrogen-bond acceptors (Lipinski definition) is 6. The second-order valence-corrected chi connectivity index (χ2v) is 12.9. The highest BCUT2D eigenvalue weighted by Crippen LogP contribution is 2.28. The van der Waals surface area contributed by atoms with Gasteiger partial charge in [0.2, 0.25) is 0 Å². The van der Waals surface area contributed by atoms with Gasteiger partial charge in [-0.25, -0.2) is 8.42 Å². The normalized spacial score (nSPS) is 20.3. The maximum absolute atomic E-state index is 13.3. The average molecular weight is 520 g/mol. The molecular formula is C26H37N3O4S2. The van der Waals surface area contributed by atoms with E-state index in [2.05, 4.69) is 10.6 Å². The Morgan fingerprint density at radius 1 is 1.06 bits per heavy atom. The van der Waals surface area contributed by atoms with Crippen LogP contribution in [-0.4, -0.2) is 51.4 Å². The minimum Gasteiger partial charge on any atom is -0.497 e. The minimum absolute atomic E-state index is 0.221. The molecule has 1 saturated carbocycles. The summed E-state index contributed by atoms with van der Waals surface area (Å²) in [7, 11) is -1.97. The lowest BCUT2D eigenvalue weighted by Gasteiger charge is -2.25. The van der Waals surface area contributed by atoms with E-state index in [-0.39, 0.29) is 12.5 Å². The molecule has 2 N–H and O–H groups in total. The molecule has 0 spiro atoms. The van der Waals surface area contributed by atoms with Crippen LogP contribution in [0.1, 0.15) is 66.6 Å². The molecule has 0 radical (unpaired) electrons. The molecule has 1 atom stereocenters. The number of nitrogens with zero attached hydrogens (tertiary/aromatic N) is 1.